The van der Waals surface area contributed by atoms with Crippen LogP contribution in [0.5, 0.6) is 0 Å². The highest BCUT2D eigenvalue weighted by atomic mass is 19.1. The number of likely N-dealkylation sites (N-methyl/N-ethyl adjacent to an activating group) is 1. The van der Waals surface area contributed by atoms with Gasteiger partial charge < -0.3 is 10.2 Å². The molecule has 2 amide bonds. The second-order valence-electron chi connectivity index (χ2n) is 6.32. The van der Waals surface area contributed by atoms with Crippen LogP contribution < -0.4 is 5.32 Å². The molecule has 1 N–H and O–H groups in total. The van der Waals surface area contributed by atoms with Gasteiger partial charge in [0, 0.05) is 13.1 Å². The van der Waals surface area contributed by atoms with Gasteiger partial charge in [0.2, 0.25) is 11.8 Å². The van der Waals surface area contributed by atoms with E-state index < -0.39 is 6.04 Å². The van der Waals surface area contributed by atoms with Crippen LogP contribution in [0.1, 0.15) is 30.5 Å². The monoisotopic (exact) mass is 356 g/mol. The normalized spacial score (nSPS) is 11.7. The van der Waals surface area contributed by atoms with E-state index in [0.29, 0.717) is 6.54 Å². The van der Waals surface area contributed by atoms with Gasteiger partial charge in [-0.15, -0.1) is 0 Å². The average Bonchev–Trinajstić information content (AvgIpc) is 2.62. The van der Waals surface area contributed by atoms with Crippen molar-refractivity contribution in [1.29, 1.82) is 0 Å². The lowest BCUT2D eigenvalue weighted by atomic mass is 10.0. The molecule has 0 spiro atoms. The second-order valence-corrected chi connectivity index (χ2v) is 6.32. The van der Waals surface area contributed by atoms with Crippen molar-refractivity contribution in [3.63, 3.8) is 0 Å². The van der Waals surface area contributed by atoms with Crippen LogP contribution in [0.3, 0.4) is 0 Å². The number of carbonyl (C=O) groups excluding carboxylic acids is 2. The summed E-state index contributed by atoms with van der Waals surface area (Å²) < 4.78 is 13.2. The van der Waals surface area contributed by atoms with Gasteiger partial charge >= 0.3 is 0 Å². The van der Waals surface area contributed by atoms with E-state index in [0.717, 1.165) is 16.7 Å². The number of hydrogen-bond donors (Lipinski definition) is 1. The van der Waals surface area contributed by atoms with Gasteiger partial charge in [0.25, 0.3) is 0 Å². The number of nitrogens with one attached hydrogen (secondary N) is 1. The zero-order valence-electron chi connectivity index (χ0n) is 15.5. The fourth-order valence-electron chi connectivity index (χ4n) is 2.76. The predicted molar refractivity (Wildman–Crippen MR) is 100.0 cm³/mol. The Hall–Kier alpha value is -2.69. The molecule has 0 saturated carbocycles. The molecule has 2 aromatic carbocycles. The van der Waals surface area contributed by atoms with Crippen LogP contribution >= 0.6 is 0 Å². The standard InChI is InChI=1S/C21H25FN2O2/c1-4-23-21(26)16(3)24(14-17-9-11-19(22)12-10-17)20(25)13-18-8-6-5-7-15(18)2/h5-12,16H,4,13-14H2,1-3H3,(H,23,26). The number of aryl methyl sites for hydroxylation is 1. The summed E-state index contributed by atoms with van der Waals surface area (Å²) in [5.41, 5.74) is 2.75. The van der Waals surface area contributed by atoms with E-state index in [9.17, 15) is 14.0 Å². The van der Waals surface area contributed by atoms with Crippen LogP contribution in [0.2, 0.25) is 0 Å². The molecule has 2 aromatic rings. The number of rotatable bonds is 7. The molecule has 0 aliphatic heterocycles. The third-order valence-corrected chi connectivity index (χ3v) is 4.39. The summed E-state index contributed by atoms with van der Waals surface area (Å²) in [5.74, 6) is -0.668. The van der Waals surface area contributed by atoms with Gasteiger partial charge in [0.05, 0.1) is 6.42 Å². The first-order chi connectivity index (χ1) is 12.4. The van der Waals surface area contributed by atoms with Crippen molar-refractivity contribution in [2.45, 2.75) is 39.8 Å². The van der Waals surface area contributed by atoms with E-state index in [1.165, 1.54) is 12.1 Å². The maximum absolute atomic E-state index is 13.2. The van der Waals surface area contributed by atoms with E-state index in [2.05, 4.69) is 5.32 Å². The highest BCUT2D eigenvalue weighted by molar-refractivity contribution is 5.88. The Morgan fingerprint density at radius 1 is 1.12 bits per heavy atom. The molecule has 0 bridgehead atoms. The molecule has 1 unspecified atom stereocenters. The summed E-state index contributed by atoms with van der Waals surface area (Å²) in [6, 6.07) is 13.1. The number of hydrogen-bond acceptors (Lipinski definition) is 2. The van der Waals surface area contributed by atoms with Crippen molar-refractivity contribution < 1.29 is 14.0 Å². The van der Waals surface area contributed by atoms with Crippen molar-refractivity contribution in [3.05, 3.63) is 71.0 Å². The molecule has 5 heteroatoms. The number of benzene rings is 2. The molecule has 0 aliphatic rings. The maximum Gasteiger partial charge on any atom is 0.242 e. The van der Waals surface area contributed by atoms with Gasteiger partial charge in [-0.2, -0.15) is 0 Å². The topological polar surface area (TPSA) is 49.4 Å². The van der Waals surface area contributed by atoms with E-state index in [4.69, 9.17) is 0 Å². The summed E-state index contributed by atoms with van der Waals surface area (Å²) in [6.07, 6.45) is 0.220. The number of halogens is 1. The summed E-state index contributed by atoms with van der Waals surface area (Å²) in [4.78, 5) is 26.8. The quantitative estimate of drug-likeness (QED) is 0.828. The van der Waals surface area contributed by atoms with Crippen molar-refractivity contribution in [2.75, 3.05) is 6.54 Å². The van der Waals surface area contributed by atoms with Gasteiger partial charge in [-0.25, -0.2) is 4.39 Å². The lowest BCUT2D eigenvalue weighted by molar-refractivity contribution is -0.140. The molecule has 2 rings (SSSR count). The third kappa shape index (κ3) is 5.15. The SMILES string of the molecule is CCNC(=O)C(C)N(Cc1ccc(F)cc1)C(=O)Cc1ccccc1C. The first-order valence-electron chi connectivity index (χ1n) is 8.78. The predicted octanol–water partition coefficient (Wildman–Crippen LogP) is 3.23. The minimum atomic E-state index is -0.614. The Labute approximate surface area is 154 Å². The molecular formula is C21H25FN2O2. The Balaban J connectivity index is 2.23. The van der Waals surface area contributed by atoms with Crippen LogP contribution in [-0.2, 0) is 22.6 Å². The molecule has 4 nitrogen and oxygen atoms in total. The molecule has 0 radical (unpaired) electrons. The number of nitrogens with zero attached hydrogens (tertiary/aromatic N) is 1. The largest absolute Gasteiger partial charge is 0.355 e. The van der Waals surface area contributed by atoms with Crippen molar-refractivity contribution in [2.24, 2.45) is 0 Å². The molecule has 0 heterocycles. The van der Waals surface area contributed by atoms with E-state index in [1.807, 2.05) is 38.1 Å². The summed E-state index contributed by atoms with van der Waals surface area (Å²) >= 11 is 0. The van der Waals surface area contributed by atoms with Gasteiger partial charge in [-0.3, -0.25) is 9.59 Å². The van der Waals surface area contributed by atoms with Crippen LogP contribution in [0.15, 0.2) is 48.5 Å². The second kappa shape index (κ2) is 9.13. The van der Waals surface area contributed by atoms with Crippen molar-refractivity contribution in [1.82, 2.24) is 10.2 Å². The van der Waals surface area contributed by atoms with E-state index in [1.54, 1.807) is 24.0 Å². The molecule has 1 atom stereocenters. The van der Waals surface area contributed by atoms with Crippen LogP contribution in [-0.4, -0.2) is 29.3 Å². The molecule has 26 heavy (non-hydrogen) atoms. The first-order valence-corrected chi connectivity index (χ1v) is 8.78. The number of amides is 2. The third-order valence-electron chi connectivity index (χ3n) is 4.39. The molecule has 138 valence electrons. The highest BCUT2D eigenvalue weighted by Gasteiger charge is 2.26. The minimum Gasteiger partial charge on any atom is -0.355 e. The Morgan fingerprint density at radius 3 is 2.38 bits per heavy atom. The maximum atomic E-state index is 13.2. The molecule has 0 aliphatic carbocycles. The highest BCUT2D eigenvalue weighted by Crippen LogP contribution is 2.15. The summed E-state index contributed by atoms with van der Waals surface area (Å²) in [7, 11) is 0. The average molecular weight is 356 g/mol. The Kier molecular flexibility index (Phi) is 6.89. The van der Waals surface area contributed by atoms with Gasteiger partial charge in [-0.1, -0.05) is 36.4 Å². The summed E-state index contributed by atoms with van der Waals surface area (Å²) in [5, 5.41) is 2.76. The van der Waals surface area contributed by atoms with Crippen LogP contribution in [0.4, 0.5) is 4.39 Å². The van der Waals surface area contributed by atoms with Gasteiger partial charge in [-0.05, 0) is 49.6 Å². The fourth-order valence-corrected chi connectivity index (χ4v) is 2.76. The lowest BCUT2D eigenvalue weighted by Gasteiger charge is -2.29. The van der Waals surface area contributed by atoms with Crippen molar-refractivity contribution >= 4 is 11.8 Å². The number of carbonyl (C=O) groups is 2. The minimum absolute atomic E-state index is 0.137. The zero-order valence-corrected chi connectivity index (χ0v) is 15.5. The lowest BCUT2D eigenvalue weighted by Crippen LogP contribution is -2.48. The Bertz CT molecular complexity index is 759. The molecular weight excluding hydrogens is 331 g/mol. The van der Waals surface area contributed by atoms with E-state index >= 15 is 0 Å². The van der Waals surface area contributed by atoms with Crippen molar-refractivity contribution in [3.8, 4) is 0 Å². The molecule has 0 aromatic heterocycles. The van der Waals surface area contributed by atoms with Gasteiger partial charge in [0.1, 0.15) is 11.9 Å². The van der Waals surface area contributed by atoms with Gasteiger partial charge in [0.15, 0.2) is 0 Å². The van der Waals surface area contributed by atoms with E-state index in [-0.39, 0.29) is 30.6 Å². The zero-order chi connectivity index (χ0) is 19.1. The Morgan fingerprint density at radius 2 is 1.77 bits per heavy atom. The van der Waals surface area contributed by atoms with Crippen LogP contribution in [0, 0.1) is 12.7 Å². The van der Waals surface area contributed by atoms with Crippen LogP contribution in [0.25, 0.3) is 0 Å². The fraction of sp³-hybridized carbons (Fsp3) is 0.333. The molecule has 0 saturated heterocycles. The first kappa shape index (κ1) is 19.6. The molecule has 0 fully saturated rings. The summed E-state index contributed by atoms with van der Waals surface area (Å²) in [6.45, 7) is 6.26. The smallest absolute Gasteiger partial charge is 0.242 e.